The molecule has 0 spiro atoms. The Bertz CT molecular complexity index is 904. The summed E-state index contributed by atoms with van der Waals surface area (Å²) in [6.45, 7) is 0.648. The van der Waals surface area contributed by atoms with Gasteiger partial charge in [0.1, 0.15) is 0 Å². The van der Waals surface area contributed by atoms with E-state index in [2.05, 4.69) is 10.6 Å². The summed E-state index contributed by atoms with van der Waals surface area (Å²) in [5.41, 5.74) is 5.81. The Morgan fingerprint density at radius 2 is 2.08 bits per heavy atom. The molecule has 128 valence electrons. The smallest absolute Gasteiger partial charge is 0.228 e. The van der Waals surface area contributed by atoms with Gasteiger partial charge in [-0.25, -0.2) is 0 Å². The summed E-state index contributed by atoms with van der Waals surface area (Å²) in [6, 6.07) is 13.6. The molecule has 0 saturated heterocycles. The number of halogens is 1. The van der Waals surface area contributed by atoms with E-state index in [0.29, 0.717) is 18.0 Å². The first-order valence-electron chi connectivity index (χ1n) is 7.67. The molecule has 0 radical (unpaired) electrons. The van der Waals surface area contributed by atoms with Crippen molar-refractivity contribution in [1.29, 1.82) is 0 Å². The van der Waals surface area contributed by atoms with Crippen LogP contribution in [0.15, 0.2) is 59.4 Å². The van der Waals surface area contributed by atoms with Crippen LogP contribution in [-0.4, -0.2) is 5.91 Å². The second-order valence-corrected chi connectivity index (χ2v) is 6.15. The van der Waals surface area contributed by atoms with Crippen molar-refractivity contribution in [1.82, 2.24) is 0 Å². The van der Waals surface area contributed by atoms with Gasteiger partial charge >= 0.3 is 0 Å². The molecule has 1 aliphatic rings. The second kappa shape index (κ2) is 7.03. The van der Waals surface area contributed by atoms with Gasteiger partial charge < -0.3 is 15.1 Å². The number of benzene rings is 2. The van der Waals surface area contributed by atoms with Crippen molar-refractivity contribution in [3.8, 4) is 11.1 Å². The normalized spacial score (nSPS) is 12.3. The topological polar surface area (TPSA) is 54.3 Å². The standard InChI is InChI=1S/C19H15ClN2O2.CH4/c20-15-2-1-3-17(21-10-12-6-7-24-11-12)19(15)13-4-5-16-14(8-13)9-18(23)22-16;/h1-8,11,21H,9-10H2,(H,22,23);1H4. The van der Waals surface area contributed by atoms with Crippen molar-refractivity contribution in [2.24, 2.45) is 0 Å². The number of amides is 1. The fraction of sp³-hybridized carbons (Fsp3) is 0.150. The Hall–Kier alpha value is -2.72. The van der Waals surface area contributed by atoms with Crippen molar-refractivity contribution in [2.75, 3.05) is 10.6 Å². The van der Waals surface area contributed by atoms with Gasteiger partial charge in [-0.2, -0.15) is 0 Å². The van der Waals surface area contributed by atoms with Crippen LogP contribution in [0.3, 0.4) is 0 Å². The molecule has 5 heteroatoms. The summed E-state index contributed by atoms with van der Waals surface area (Å²) in [5, 5.41) is 6.93. The van der Waals surface area contributed by atoms with E-state index in [1.807, 2.05) is 42.5 Å². The van der Waals surface area contributed by atoms with E-state index in [0.717, 1.165) is 33.6 Å². The number of furan rings is 1. The third kappa shape index (κ3) is 3.39. The molecule has 0 fully saturated rings. The zero-order valence-electron chi connectivity index (χ0n) is 12.8. The third-order valence-electron chi connectivity index (χ3n) is 4.10. The minimum absolute atomic E-state index is 0. The van der Waals surface area contributed by atoms with Crippen molar-refractivity contribution in [2.45, 2.75) is 20.4 Å². The van der Waals surface area contributed by atoms with E-state index in [9.17, 15) is 4.79 Å². The molecule has 0 unspecified atom stereocenters. The Balaban J connectivity index is 0.00000182. The summed E-state index contributed by atoms with van der Waals surface area (Å²) in [4.78, 5) is 11.6. The maximum Gasteiger partial charge on any atom is 0.228 e. The van der Waals surface area contributed by atoms with Crippen LogP contribution in [0.1, 0.15) is 18.6 Å². The SMILES string of the molecule is C.O=C1Cc2cc(-c3c(Cl)cccc3NCc3ccoc3)ccc2N1. The van der Waals surface area contributed by atoms with Crippen LogP contribution in [0.25, 0.3) is 11.1 Å². The van der Waals surface area contributed by atoms with Gasteiger partial charge in [-0.15, -0.1) is 0 Å². The Kier molecular flexibility index (Phi) is 4.81. The summed E-state index contributed by atoms with van der Waals surface area (Å²) in [5.74, 6) is 0.0274. The molecule has 4 rings (SSSR count). The van der Waals surface area contributed by atoms with Crippen molar-refractivity contribution >= 4 is 28.9 Å². The first-order valence-corrected chi connectivity index (χ1v) is 8.05. The minimum Gasteiger partial charge on any atom is -0.472 e. The van der Waals surface area contributed by atoms with Gasteiger partial charge in [0.25, 0.3) is 0 Å². The lowest BCUT2D eigenvalue weighted by Gasteiger charge is -2.14. The van der Waals surface area contributed by atoms with E-state index in [4.69, 9.17) is 16.0 Å². The van der Waals surface area contributed by atoms with Gasteiger partial charge in [-0.05, 0) is 41.5 Å². The number of carbonyl (C=O) groups is 1. The van der Waals surface area contributed by atoms with Crippen LogP contribution in [0, 0.1) is 0 Å². The monoisotopic (exact) mass is 354 g/mol. The molecule has 25 heavy (non-hydrogen) atoms. The van der Waals surface area contributed by atoms with E-state index in [-0.39, 0.29) is 13.3 Å². The molecule has 0 saturated carbocycles. The summed E-state index contributed by atoms with van der Waals surface area (Å²) in [6.07, 6.45) is 3.77. The van der Waals surface area contributed by atoms with Crippen LogP contribution in [0.5, 0.6) is 0 Å². The first kappa shape index (κ1) is 17.1. The van der Waals surface area contributed by atoms with Crippen molar-refractivity contribution < 1.29 is 9.21 Å². The molecular weight excluding hydrogens is 336 g/mol. The van der Waals surface area contributed by atoms with Crippen LogP contribution in [0.4, 0.5) is 11.4 Å². The van der Waals surface area contributed by atoms with Crippen molar-refractivity contribution in [3.63, 3.8) is 0 Å². The molecule has 2 aromatic carbocycles. The predicted molar refractivity (Wildman–Crippen MR) is 102 cm³/mol. The van der Waals surface area contributed by atoms with E-state index in [1.165, 1.54) is 0 Å². The highest BCUT2D eigenvalue weighted by Crippen LogP contribution is 2.37. The summed E-state index contributed by atoms with van der Waals surface area (Å²) >= 11 is 6.46. The largest absolute Gasteiger partial charge is 0.472 e. The van der Waals surface area contributed by atoms with Gasteiger partial charge in [0.2, 0.25) is 5.91 Å². The lowest BCUT2D eigenvalue weighted by Crippen LogP contribution is -2.03. The van der Waals surface area contributed by atoms with E-state index < -0.39 is 0 Å². The molecule has 1 aromatic heterocycles. The molecule has 0 bridgehead atoms. The van der Waals surface area contributed by atoms with Gasteiger partial charge in [-0.1, -0.05) is 31.2 Å². The van der Waals surface area contributed by atoms with Crippen LogP contribution in [-0.2, 0) is 17.8 Å². The lowest BCUT2D eigenvalue weighted by molar-refractivity contribution is -0.115. The summed E-state index contributed by atoms with van der Waals surface area (Å²) < 4.78 is 5.10. The first-order chi connectivity index (χ1) is 11.7. The van der Waals surface area contributed by atoms with Gasteiger partial charge in [0.05, 0.1) is 24.0 Å². The van der Waals surface area contributed by atoms with Gasteiger partial charge in [-0.3, -0.25) is 4.79 Å². The average molecular weight is 355 g/mol. The number of hydrogen-bond acceptors (Lipinski definition) is 3. The maximum atomic E-state index is 11.6. The van der Waals surface area contributed by atoms with Crippen LogP contribution in [0.2, 0.25) is 5.02 Å². The number of rotatable bonds is 4. The molecule has 2 N–H and O–H groups in total. The molecule has 3 aromatic rings. The zero-order chi connectivity index (χ0) is 16.5. The predicted octanol–water partition coefficient (Wildman–Crippen LogP) is 5.34. The highest BCUT2D eigenvalue weighted by molar-refractivity contribution is 6.34. The molecule has 1 aliphatic heterocycles. The number of carbonyl (C=O) groups excluding carboxylic acids is 1. The van der Waals surface area contributed by atoms with Crippen LogP contribution < -0.4 is 10.6 Å². The Morgan fingerprint density at radius 1 is 1.20 bits per heavy atom. The Labute approximate surface area is 151 Å². The van der Waals surface area contributed by atoms with E-state index in [1.54, 1.807) is 12.5 Å². The molecule has 0 atom stereocenters. The Morgan fingerprint density at radius 3 is 2.88 bits per heavy atom. The fourth-order valence-corrected chi connectivity index (χ4v) is 3.22. The number of anilines is 2. The highest BCUT2D eigenvalue weighted by atomic mass is 35.5. The fourth-order valence-electron chi connectivity index (χ4n) is 2.94. The maximum absolute atomic E-state index is 11.6. The van der Waals surface area contributed by atoms with Gasteiger partial charge in [0, 0.05) is 29.0 Å². The lowest BCUT2D eigenvalue weighted by atomic mass is 10.00. The summed E-state index contributed by atoms with van der Waals surface area (Å²) in [7, 11) is 0. The van der Waals surface area contributed by atoms with Gasteiger partial charge in [0.15, 0.2) is 0 Å². The highest BCUT2D eigenvalue weighted by Gasteiger charge is 2.19. The minimum atomic E-state index is 0. The number of nitrogens with one attached hydrogen (secondary N) is 2. The van der Waals surface area contributed by atoms with E-state index >= 15 is 0 Å². The van der Waals surface area contributed by atoms with Crippen molar-refractivity contribution in [3.05, 3.63) is 71.1 Å². The van der Waals surface area contributed by atoms with Crippen LogP contribution >= 0.6 is 11.6 Å². The molecular formula is C20H19ClN2O2. The molecule has 4 nitrogen and oxygen atoms in total. The number of fused-ring (bicyclic) bond motifs is 1. The second-order valence-electron chi connectivity index (χ2n) is 5.74. The molecule has 2 heterocycles. The zero-order valence-corrected chi connectivity index (χ0v) is 13.6. The third-order valence-corrected chi connectivity index (χ3v) is 4.41. The quantitative estimate of drug-likeness (QED) is 0.664. The molecule has 0 aliphatic carbocycles. The number of hydrogen-bond donors (Lipinski definition) is 2. The molecule has 1 amide bonds. The average Bonchev–Trinajstić information content (AvgIpc) is 3.20.